The second-order valence-electron chi connectivity index (χ2n) is 14.1. The third-order valence-corrected chi connectivity index (χ3v) is 10.4. The van der Waals surface area contributed by atoms with Crippen LogP contribution in [0.3, 0.4) is 0 Å². The highest BCUT2D eigenvalue weighted by Gasteiger charge is 2.43. The van der Waals surface area contributed by atoms with Gasteiger partial charge in [-0.15, -0.1) is 0 Å². The Labute approximate surface area is 298 Å². The molecule has 2 aliphatic heterocycles. The standard InChI is InChI=1S/C46H35BF2N2/c1-28-5-10-32(11-6-28)34-24-35(33-12-7-29(2)8-13-33)26-39(25-34)51-42-19-9-30(3)21-40(42)47-41-27-37(49)16-20-43(41)50(38-17-14-36(48)15-18-38)44-22-31(4)23-45(51)46(44)47/h5-27H,1-4H3. The maximum atomic E-state index is 15.3. The van der Waals surface area contributed by atoms with Crippen molar-refractivity contribution in [1.82, 2.24) is 0 Å². The van der Waals surface area contributed by atoms with Crippen molar-refractivity contribution in [1.29, 1.82) is 0 Å². The fourth-order valence-electron chi connectivity index (χ4n) is 7.94. The Morgan fingerprint density at radius 1 is 0.373 bits per heavy atom. The third-order valence-electron chi connectivity index (χ3n) is 10.4. The van der Waals surface area contributed by atoms with Gasteiger partial charge in [0.2, 0.25) is 0 Å². The highest BCUT2D eigenvalue weighted by Crippen LogP contribution is 2.46. The molecule has 2 aliphatic rings. The van der Waals surface area contributed by atoms with E-state index in [1.165, 1.54) is 29.3 Å². The monoisotopic (exact) mass is 664 g/mol. The topological polar surface area (TPSA) is 6.48 Å². The number of rotatable bonds is 4. The van der Waals surface area contributed by atoms with Crippen molar-refractivity contribution in [3.05, 3.63) is 173 Å². The van der Waals surface area contributed by atoms with E-state index >= 15 is 4.39 Å². The largest absolute Gasteiger partial charge is 0.311 e. The molecule has 0 N–H and O–H groups in total. The van der Waals surface area contributed by atoms with Crippen LogP contribution in [0.25, 0.3) is 22.3 Å². The number of halogens is 2. The number of hydrogen-bond acceptors (Lipinski definition) is 2. The summed E-state index contributed by atoms with van der Waals surface area (Å²) in [5.74, 6) is -0.581. The molecule has 51 heavy (non-hydrogen) atoms. The van der Waals surface area contributed by atoms with Crippen LogP contribution in [0.15, 0.2) is 140 Å². The van der Waals surface area contributed by atoms with Crippen LogP contribution in [-0.2, 0) is 0 Å². The first kappa shape index (κ1) is 31.1. The Bertz CT molecular complexity index is 2420. The van der Waals surface area contributed by atoms with Crippen molar-refractivity contribution in [2.75, 3.05) is 9.80 Å². The molecule has 0 saturated carbocycles. The smallest absolute Gasteiger partial charge is 0.252 e. The molecule has 0 atom stereocenters. The summed E-state index contributed by atoms with van der Waals surface area (Å²) in [7, 11) is 0. The van der Waals surface area contributed by atoms with E-state index in [0.717, 1.165) is 83.9 Å². The molecular formula is C46H35BF2N2. The van der Waals surface area contributed by atoms with Gasteiger partial charge in [-0.25, -0.2) is 8.78 Å². The second-order valence-corrected chi connectivity index (χ2v) is 14.1. The molecule has 0 bridgehead atoms. The maximum absolute atomic E-state index is 15.3. The Hall–Kier alpha value is -5.94. The van der Waals surface area contributed by atoms with Crippen LogP contribution in [0.4, 0.5) is 42.9 Å². The lowest BCUT2D eigenvalue weighted by atomic mass is 9.33. The zero-order valence-corrected chi connectivity index (χ0v) is 29.0. The van der Waals surface area contributed by atoms with E-state index in [-0.39, 0.29) is 18.3 Å². The molecule has 0 unspecified atom stereocenters. The van der Waals surface area contributed by atoms with Gasteiger partial charge >= 0.3 is 0 Å². The van der Waals surface area contributed by atoms with Crippen LogP contribution in [-0.4, -0.2) is 6.71 Å². The minimum absolute atomic E-state index is 0.207. The summed E-state index contributed by atoms with van der Waals surface area (Å²) < 4.78 is 29.6. The van der Waals surface area contributed by atoms with Crippen LogP contribution >= 0.6 is 0 Å². The van der Waals surface area contributed by atoms with Gasteiger partial charge in [0.05, 0.1) is 0 Å². The van der Waals surface area contributed by atoms with Crippen molar-refractivity contribution in [2.45, 2.75) is 27.7 Å². The van der Waals surface area contributed by atoms with E-state index in [0.29, 0.717) is 0 Å². The predicted molar refractivity (Wildman–Crippen MR) is 210 cm³/mol. The lowest BCUT2D eigenvalue weighted by molar-refractivity contribution is 0.628. The summed E-state index contributed by atoms with van der Waals surface area (Å²) in [4.78, 5) is 4.55. The van der Waals surface area contributed by atoms with Crippen molar-refractivity contribution < 1.29 is 8.78 Å². The van der Waals surface area contributed by atoms with Gasteiger partial charge in [-0.1, -0.05) is 77.4 Å². The summed E-state index contributed by atoms with van der Waals surface area (Å²) in [6, 6.07) is 47.0. The molecule has 2 nitrogen and oxygen atoms in total. The molecule has 0 spiro atoms. The molecule has 5 heteroatoms. The van der Waals surface area contributed by atoms with Gasteiger partial charge in [-0.2, -0.15) is 0 Å². The summed E-state index contributed by atoms with van der Waals surface area (Å²) >= 11 is 0. The Kier molecular flexibility index (Phi) is 7.22. The van der Waals surface area contributed by atoms with Crippen molar-refractivity contribution >= 4 is 57.2 Å². The van der Waals surface area contributed by atoms with E-state index in [1.807, 2.05) is 6.07 Å². The zero-order chi connectivity index (χ0) is 35.0. The molecule has 2 heterocycles. The first-order valence-corrected chi connectivity index (χ1v) is 17.4. The van der Waals surface area contributed by atoms with Gasteiger partial charge in [0, 0.05) is 34.1 Å². The molecule has 0 radical (unpaired) electrons. The maximum Gasteiger partial charge on any atom is 0.252 e. The summed E-state index contributed by atoms with van der Waals surface area (Å²) in [6.45, 7) is 8.26. The Balaban J connectivity index is 1.35. The number of nitrogens with zero attached hydrogens (tertiary/aromatic N) is 2. The lowest BCUT2D eigenvalue weighted by Gasteiger charge is -2.44. The van der Waals surface area contributed by atoms with Crippen molar-refractivity contribution in [2.24, 2.45) is 0 Å². The van der Waals surface area contributed by atoms with Gasteiger partial charge in [-0.05, 0) is 151 Å². The second kappa shape index (κ2) is 11.8. The molecule has 7 aromatic rings. The highest BCUT2D eigenvalue weighted by molar-refractivity contribution is 7.00. The van der Waals surface area contributed by atoms with Crippen LogP contribution in [0, 0.1) is 39.3 Å². The number of anilines is 6. The van der Waals surface area contributed by atoms with Crippen LogP contribution in [0.2, 0.25) is 0 Å². The normalized spacial score (nSPS) is 12.8. The lowest BCUT2D eigenvalue weighted by Crippen LogP contribution is -2.61. The quantitative estimate of drug-likeness (QED) is 0.173. The van der Waals surface area contributed by atoms with Crippen molar-refractivity contribution in [3.63, 3.8) is 0 Å². The molecule has 0 aliphatic carbocycles. The SMILES string of the molecule is Cc1ccc(-c2cc(-c3ccc(C)cc3)cc(N3c4ccc(C)cc4B4c5cc(F)ccc5N(c5ccc(F)cc5)c5cc(C)cc3c54)c2)cc1. The third kappa shape index (κ3) is 5.23. The van der Waals surface area contributed by atoms with Crippen LogP contribution in [0.5, 0.6) is 0 Å². The van der Waals surface area contributed by atoms with Gasteiger partial charge < -0.3 is 9.80 Å². The predicted octanol–water partition coefficient (Wildman–Crippen LogP) is 10.6. The Morgan fingerprint density at radius 2 is 0.863 bits per heavy atom. The van der Waals surface area contributed by atoms with E-state index in [1.54, 1.807) is 18.2 Å². The molecular weight excluding hydrogens is 629 g/mol. The van der Waals surface area contributed by atoms with E-state index < -0.39 is 0 Å². The first-order chi connectivity index (χ1) is 24.7. The molecule has 0 amide bonds. The molecule has 0 fully saturated rings. The molecule has 0 saturated heterocycles. The minimum atomic E-state index is -0.298. The number of benzene rings is 7. The van der Waals surface area contributed by atoms with Gasteiger partial charge in [-0.3, -0.25) is 0 Å². The van der Waals surface area contributed by atoms with Gasteiger partial charge in [0.25, 0.3) is 6.71 Å². The van der Waals surface area contributed by atoms with Crippen LogP contribution in [0.1, 0.15) is 22.3 Å². The van der Waals surface area contributed by atoms with E-state index in [4.69, 9.17) is 0 Å². The zero-order valence-electron chi connectivity index (χ0n) is 29.0. The number of fused-ring (bicyclic) bond motifs is 4. The van der Waals surface area contributed by atoms with Gasteiger partial charge in [0.15, 0.2) is 0 Å². The summed E-state index contributed by atoms with van der Waals surface area (Å²) in [5, 5.41) is 0. The fraction of sp³-hybridized carbons (Fsp3) is 0.0870. The molecule has 9 rings (SSSR count). The average Bonchev–Trinajstić information content (AvgIpc) is 3.12. The molecule has 7 aromatic carbocycles. The molecule has 246 valence electrons. The fourth-order valence-corrected chi connectivity index (χ4v) is 7.94. The Morgan fingerprint density at radius 3 is 1.45 bits per heavy atom. The average molecular weight is 665 g/mol. The summed E-state index contributed by atoms with van der Waals surface area (Å²) in [6.07, 6.45) is 0. The van der Waals surface area contributed by atoms with Crippen LogP contribution < -0.4 is 26.2 Å². The van der Waals surface area contributed by atoms with E-state index in [2.05, 4.69) is 135 Å². The number of hydrogen-bond donors (Lipinski definition) is 0. The number of aryl methyl sites for hydroxylation is 4. The molecule has 0 aromatic heterocycles. The highest BCUT2D eigenvalue weighted by atomic mass is 19.1. The summed E-state index contributed by atoms with van der Waals surface area (Å²) in [5.41, 5.74) is 18.2. The minimum Gasteiger partial charge on any atom is -0.311 e. The first-order valence-electron chi connectivity index (χ1n) is 17.4. The van der Waals surface area contributed by atoms with E-state index in [9.17, 15) is 4.39 Å². The van der Waals surface area contributed by atoms with Gasteiger partial charge in [0.1, 0.15) is 11.6 Å². The van der Waals surface area contributed by atoms with Crippen molar-refractivity contribution in [3.8, 4) is 22.3 Å².